The lowest BCUT2D eigenvalue weighted by Gasteiger charge is -2.57. The van der Waals surface area contributed by atoms with Crippen molar-refractivity contribution in [3.8, 4) is 0 Å². The van der Waals surface area contributed by atoms with E-state index in [1.54, 1.807) is 0 Å². The standard InChI is InChI=1S/C26H33ClO2/c1-25-11-9-19(28)15-18(25)7-8-20-21(25)10-12-26(2)22(20)14-17(24(26)29)13-16-5-3-4-6-23(16)27/h3-7,13,19-22,24,28-29H,8-12,14-15H2,1-2H3/b17-13+/t19-,20+,21-,22+,24-,25+,26+/m0/s1. The normalized spacial score (nSPS) is 45.3. The van der Waals surface area contributed by atoms with Gasteiger partial charge in [0.2, 0.25) is 0 Å². The molecule has 0 bridgehead atoms. The molecular formula is C26H33ClO2. The summed E-state index contributed by atoms with van der Waals surface area (Å²) in [7, 11) is 0. The molecule has 0 amide bonds. The van der Waals surface area contributed by atoms with Gasteiger partial charge in [0.05, 0.1) is 12.2 Å². The predicted molar refractivity (Wildman–Crippen MR) is 119 cm³/mol. The number of aliphatic hydroxyl groups excluding tert-OH is 2. The number of hydrogen-bond donors (Lipinski definition) is 2. The predicted octanol–water partition coefficient (Wildman–Crippen LogP) is 6.02. The second-order valence-corrected chi connectivity index (χ2v) is 11.0. The molecule has 0 spiro atoms. The average molecular weight is 413 g/mol. The molecule has 1 aromatic rings. The number of hydrogen-bond acceptors (Lipinski definition) is 2. The van der Waals surface area contributed by atoms with Crippen molar-refractivity contribution in [2.45, 2.75) is 71.0 Å². The van der Waals surface area contributed by atoms with Gasteiger partial charge in [0.1, 0.15) is 0 Å². The Labute approximate surface area is 179 Å². The Morgan fingerprint density at radius 1 is 1.03 bits per heavy atom. The summed E-state index contributed by atoms with van der Waals surface area (Å²) in [6, 6.07) is 7.93. The zero-order valence-electron chi connectivity index (χ0n) is 17.6. The van der Waals surface area contributed by atoms with Gasteiger partial charge in [-0.15, -0.1) is 0 Å². The summed E-state index contributed by atoms with van der Waals surface area (Å²) in [5, 5.41) is 22.3. The third-order valence-corrected chi connectivity index (χ3v) is 9.54. The Balaban J connectivity index is 1.48. The molecule has 156 valence electrons. The molecule has 3 saturated carbocycles. The molecule has 2 nitrogen and oxygen atoms in total. The minimum atomic E-state index is -0.379. The molecule has 2 N–H and O–H groups in total. The third kappa shape index (κ3) is 2.98. The highest BCUT2D eigenvalue weighted by Gasteiger charge is 2.59. The summed E-state index contributed by atoms with van der Waals surface area (Å²) in [5.41, 5.74) is 3.88. The number of aliphatic hydroxyl groups is 2. The average Bonchev–Trinajstić information content (AvgIpc) is 2.95. The first-order chi connectivity index (χ1) is 13.8. The fourth-order valence-electron chi connectivity index (χ4n) is 7.43. The SMILES string of the molecule is C[C@@]12CC[C@H]3[C@@H](CC=C4C[C@@H](O)CC[C@]43C)[C@H]1C/C(=C\c1ccccc1Cl)[C@@H]2O. The molecule has 4 aliphatic carbocycles. The monoisotopic (exact) mass is 412 g/mol. The lowest BCUT2D eigenvalue weighted by molar-refractivity contribution is -0.0685. The van der Waals surface area contributed by atoms with Crippen LogP contribution in [0.25, 0.3) is 6.08 Å². The molecule has 0 radical (unpaired) electrons. The first-order valence-corrected chi connectivity index (χ1v) is 11.7. The van der Waals surface area contributed by atoms with Crippen molar-refractivity contribution in [2.24, 2.45) is 28.6 Å². The number of halogens is 1. The van der Waals surface area contributed by atoms with Crippen LogP contribution in [0.5, 0.6) is 0 Å². The zero-order valence-corrected chi connectivity index (χ0v) is 18.3. The van der Waals surface area contributed by atoms with E-state index in [9.17, 15) is 10.2 Å². The van der Waals surface area contributed by atoms with Crippen LogP contribution in [0, 0.1) is 28.6 Å². The Bertz CT molecular complexity index is 873. The van der Waals surface area contributed by atoms with Gasteiger partial charge < -0.3 is 10.2 Å². The van der Waals surface area contributed by atoms with Gasteiger partial charge in [0.15, 0.2) is 0 Å². The maximum atomic E-state index is 11.4. The van der Waals surface area contributed by atoms with E-state index in [1.807, 2.05) is 24.3 Å². The highest BCUT2D eigenvalue weighted by Crippen LogP contribution is 2.65. The molecule has 5 rings (SSSR count). The van der Waals surface area contributed by atoms with Gasteiger partial charge in [-0.25, -0.2) is 0 Å². The molecule has 0 aliphatic heterocycles. The Morgan fingerprint density at radius 2 is 1.83 bits per heavy atom. The lowest BCUT2D eigenvalue weighted by atomic mass is 9.48. The van der Waals surface area contributed by atoms with Gasteiger partial charge in [0, 0.05) is 10.4 Å². The maximum Gasteiger partial charge on any atom is 0.0809 e. The molecule has 0 saturated heterocycles. The molecule has 4 aliphatic rings. The van der Waals surface area contributed by atoms with Crippen molar-refractivity contribution < 1.29 is 10.2 Å². The van der Waals surface area contributed by atoms with Gasteiger partial charge in [-0.3, -0.25) is 0 Å². The van der Waals surface area contributed by atoms with Crippen molar-refractivity contribution in [3.63, 3.8) is 0 Å². The van der Waals surface area contributed by atoms with E-state index in [-0.39, 0.29) is 23.0 Å². The fraction of sp³-hybridized carbons (Fsp3) is 0.615. The van der Waals surface area contributed by atoms with Crippen molar-refractivity contribution >= 4 is 17.7 Å². The summed E-state index contributed by atoms with van der Waals surface area (Å²) in [6.45, 7) is 4.77. The number of fused-ring (bicyclic) bond motifs is 5. The minimum absolute atomic E-state index is 0.0376. The molecular weight excluding hydrogens is 380 g/mol. The molecule has 3 fully saturated rings. The minimum Gasteiger partial charge on any atom is -0.393 e. The maximum absolute atomic E-state index is 11.4. The van der Waals surface area contributed by atoms with Gasteiger partial charge in [-0.2, -0.15) is 0 Å². The molecule has 3 heteroatoms. The summed E-state index contributed by atoms with van der Waals surface area (Å²) in [6.07, 6.45) is 11.3. The van der Waals surface area contributed by atoms with Gasteiger partial charge in [-0.05, 0) is 85.3 Å². The number of allylic oxidation sites excluding steroid dienone is 1. The van der Waals surface area contributed by atoms with Crippen LogP contribution in [0.15, 0.2) is 41.5 Å². The smallest absolute Gasteiger partial charge is 0.0809 e. The molecule has 0 heterocycles. The highest BCUT2D eigenvalue weighted by atomic mass is 35.5. The van der Waals surface area contributed by atoms with Crippen molar-refractivity contribution in [1.29, 1.82) is 0 Å². The third-order valence-electron chi connectivity index (χ3n) is 9.19. The van der Waals surface area contributed by atoms with Crippen LogP contribution in [0.3, 0.4) is 0 Å². The van der Waals surface area contributed by atoms with Gasteiger partial charge in [0.25, 0.3) is 0 Å². The molecule has 0 unspecified atom stereocenters. The first kappa shape index (κ1) is 19.8. The van der Waals surface area contributed by atoms with Gasteiger partial charge in [-0.1, -0.05) is 61.4 Å². The second kappa shape index (κ2) is 6.97. The van der Waals surface area contributed by atoms with Crippen molar-refractivity contribution in [1.82, 2.24) is 0 Å². The Morgan fingerprint density at radius 3 is 2.62 bits per heavy atom. The first-order valence-electron chi connectivity index (χ1n) is 11.3. The summed E-state index contributed by atoms with van der Waals surface area (Å²) >= 11 is 6.40. The van der Waals surface area contributed by atoms with E-state index >= 15 is 0 Å². The quantitative estimate of drug-likeness (QED) is 0.554. The zero-order chi connectivity index (χ0) is 20.4. The van der Waals surface area contributed by atoms with Crippen LogP contribution in [0.1, 0.15) is 64.4 Å². The van der Waals surface area contributed by atoms with Crippen LogP contribution in [-0.4, -0.2) is 22.4 Å². The number of rotatable bonds is 1. The van der Waals surface area contributed by atoms with Crippen LogP contribution >= 0.6 is 11.6 Å². The fourth-order valence-corrected chi connectivity index (χ4v) is 7.62. The van der Waals surface area contributed by atoms with Crippen LogP contribution < -0.4 is 0 Å². The summed E-state index contributed by atoms with van der Waals surface area (Å²) in [5.74, 6) is 1.83. The topological polar surface area (TPSA) is 40.5 Å². The van der Waals surface area contributed by atoms with Crippen LogP contribution in [-0.2, 0) is 0 Å². The van der Waals surface area contributed by atoms with E-state index < -0.39 is 0 Å². The van der Waals surface area contributed by atoms with E-state index in [4.69, 9.17) is 11.6 Å². The van der Waals surface area contributed by atoms with E-state index in [0.29, 0.717) is 17.8 Å². The van der Waals surface area contributed by atoms with E-state index in [1.165, 1.54) is 12.0 Å². The second-order valence-electron chi connectivity index (χ2n) is 10.5. The lowest BCUT2D eigenvalue weighted by Crippen LogP contribution is -2.51. The van der Waals surface area contributed by atoms with E-state index in [0.717, 1.165) is 54.7 Å². The number of benzene rings is 1. The molecule has 0 aromatic heterocycles. The van der Waals surface area contributed by atoms with Gasteiger partial charge >= 0.3 is 0 Å². The summed E-state index contributed by atoms with van der Waals surface area (Å²) < 4.78 is 0. The summed E-state index contributed by atoms with van der Waals surface area (Å²) in [4.78, 5) is 0. The van der Waals surface area contributed by atoms with Crippen molar-refractivity contribution in [2.75, 3.05) is 0 Å². The van der Waals surface area contributed by atoms with E-state index in [2.05, 4.69) is 26.0 Å². The Hall–Kier alpha value is -1.09. The largest absolute Gasteiger partial charge is 0.393 e. The molecule has 7 atom stereocenters. The van der Waals surface area contributed by atoms with Crippen LogP contribution in [0.2, 0.25) is 5.02 Å². The van der Waals surface area contributed by atoms with Crippen LogP contribution in [0.4, 0.5) is 0 Å². The molecule has 1 aromatic carbocycles. The Kier molecular flexibility index (Phi) is 4.77. The highest BCUT2D eigenvalue weighted by molar-refractivity contribution is 6.32. The molecule has 29 heavy (non-hydrogen) atoms. The van der Waals surface area contributed by atoms with Crippen molar-refractivity contribution in [3.05, 3.63) is 52.1 Å².